The van der Waals surface area contributed by atoms with Crippen molar-refractivity contribution >= 4 is 12.4 Å². The minimum Gasteiger partial charge on any atom is -0.474 e. The first-order chi connectivity index (χ1) is 7.88. The summed E-state index contributed by atoms with van der Waals surface area (Å²) in [7, 11) is 1.65. The molecule has 2 rings (SSSR count). The first kappa shape index (κ1) is 14.2. The number of ether oxygens (including phenoxy) is 2. The number of nitrogens with one attached hydrogen (secondary N) is 1. The lowest BCUT2D eigenvalue weighted by Crippen LogP contribution is -2.34. The van der Waals surface area contributed by atoms with Gasteiger partial charge in [0.25, 0.3) is 0 Å². The van der Waals surface area contributed by atoms with Crippen LogP contribution in [0.3, 0.4) is 0 Å². The maximum absolute atomic E-state index is 5.80. The van der Waals surface area contributed by atoms with Crippen LogP contribution in [0.15, 0.2) is 12.4 Å². The Labute approximate surface area is 107 Å². The van der Waals surface area contributed by atoms with Crippen LogP contribution in [0.1, 0.15) is 18.5 Å². The fourth-order valence-corrected chi connectivity index (χ4v) is 1.75. The van der Waals surface area contributed by atoms with Gasteiger partial charge in [0.2, 0.25) is 5.88 Å². The largest absolute Gasteiger partial charge is 0.474 e. The second-order valence-corrected chi connectivity index (χ2v) is 3.85. The lowest BCUT2D eigenvalue weighted by molar-refractivity contribution is 0.153. The quantitative estimate of drug-likeness (QED) is 0.880. The van der Waals surface area contributed by atoms with Gasteiger partial charge in [0, 0.05) is 13.2 Å². The highest BCUT2D eigenvalue weighted by Crippen LogP contribution is 2.14. The summed E-state index contributed by atoms with van der Waals surface area (Å²) >= 11 is 0. The predicted octanol–water partition coefficient (Wildman–Crippen LogP) is 1.18. The van der Waals surface area contributed by atoms with E-state index in [9.17, 15) is 0 Å². The van der Waals surface area contributed by atoms with Crippen LogP contribution in [0.2, 0.25) is 0 Å². The first-order valence-electron chi connectivity index (χ1n) is 5.55. The van der Waals surface area contributed by atoms with Crippen molar-refractivity contribution in [2.45, 2.75) is 25.6 Å². The number of rotatable bonds is 4. The Morgan fingerprint density at radius 2 is 2.12 bits per heavy atom. The van der Waals surface area contributed by atoms with E-state index in [-0.39, 0.29) is 18.5 Å². The Morgan fingerprint density at radius 1 is 1.35 bits per heavy atom. The number of piperidine rings is 1. The van der Waals surface area contributed by atoms with Gasteiger partial charge in [0.1, 0.15) is 12.4 Å². The molecule has 0 unspecified atom stereocenters. The molecule has 1 aromatic rings. The molecule has 1 aliphatic heterocycles. The monoisotopic (exact) mass is 259 g/mol. The van der Waals surface area contributed by atoms with Gasteiger partial charge >= 0.3 is 0 Å². The fourth-order valence-electron chi connectivity index (χ4n) is 1.75. The Hall–Kier alpha value is -0.910. The topological polar surface area (TPSA) is 56.3 Å². The Balaban J connectivity index is 0.00000144. The molecule has 5 nitrogen and oxygen atoms in total. The third-order valence-electron chi connectivity index (χ3n) is 2.56. The van der Waals surface area contributed by atoms with Gasteiger partial charge in [-0.15, -0.1) is 12.4 Å². The van der Waals surface area contributed by atoms with Crippen LogP contribution in [-0.4, -0.2) is 36.3 Å². The van der Waals surface area contributed by atoms with E-state index in [1.165, 1.54) is 6.33 Å². The number of hydrogen-bond acceptors (Lipinski definition) is 5. The molecule has 1 aliphatic rings. The molecule has 0 aromatic carbocycles. The third kappa shape index (κ3) is 4.46. The summed E-state index contributed by atoms with van der Waals surface area (Å²) in [5, 5.41) is 3.30. The molecule has 0 amide bonds. The Morgan fingerprint density at radius 3 is 2.82 bits per heavy atom. The maximum Gasteiger partial charge on any atom is 0.216 e. The standard InChI is InChI=1S/C11H17N3O2.ClH/c1-15-7-9-6-11(14-8-13-9)16-10-2-4-12-5-3-10;/h6,8,10,12H,2-5,7H2,1H3;1H. The second-order valence-electron chi connectivity index (χ2n) is 3.85. The highest BCUT2D eigenvalue weighted by molar-refractivity contribution is 5.85. The zero-order valence-electron chi connectivity index (χ0n) is 9.89. The molecule has 0 bridgehead atoms. The highest BCUT2D eigenvalue weighted by Gasteiger charge is 2.15. The summed E-state index contributed by atoms with van der Waals surface area (Å²) in [5.74, 6) is 0.647. The van der Waals surface area contributed by atoms with Crippen molar-refractivity contribution in [2.24, 2.45) is 0 Å². The van der Waals surface area contributed by atoms with Gasteiger partial charge in [-0.2, -0.15) is 0 Å². The van der Waals surface area contributed by atoms with Gasteiger partial charge in [-0.25, -0.2) is 9.97 Å². The molecule has 0 aliphatic carbocycles. The van der Waals surface area contributed by atoms with E-state index in [1.807, 2.05) is 6.07 Å². The number of hydrogen-bond donors (Lipinski definition) is 1. The highest BCUT2D eigenvalue weighted by atomic mass is 35.5. The lowest BCUT2D eigenvalue weighted by Gasteiger charge is -2.23. The van der Waals surface area contributed by atoms with Crippen molar-refractivity contribution in [3.05, 3.63) is 18.1 Å². The molecule has 1 fully saturated rings. The van der Waals surface area contributed by atoms with Gasteiger partial charge in [0.05, 0.1) is 12.3 Å². The van der Waals surface area contributed by atoms with E-state index < -0.39 is 0 Å². The van der Waals surface area contributed by atoms with Crippen LogP contribution in [0, 0.1) is 0 Å². The number of halogens is 1. The van der Waals surface area contributed by atoms with E-state index in [0.29, 0.717) is 12.5 Å². The summed E-state index contributed by atoms with van der Waals surface area (Å²) in [4.78, 5) is 8.20. The molecule has 2 heterocycles. The molecule has 1 saturated heterocycles. The van der Waals surface area contributed by atoms with Crippen LogP contribution in [0.4, 0.5) is 0 Å². The number of aromatic nitrogens is 2. The zero-order valence-corrected chi connectivity index (χ0v) is 10.7. The van der Waals surface area contributed by atoms with Gasteiger partial charge in [-0.1, -0.05) is 0 Å². The molecule has 6 heteroatoms. The SMILES string of the molecule is COCc1cc(OC2CCNCC2)ncn1.Cl. The molecule has 17 heavy (non-hydrogen) atoms. The second kappa shape index (κ2) is 7.42. The summed E-state index contributed by atoms with van der Waals surface area (Å²) < 4.78 is 10.8. The molecule has 1 aromatic heterocycles. The van der Waals surface area contributed by atoms with Crippen LogP contribution in [0.25, 0.3) is 0 Å². The first-order valence-corrected chi connectivity index (χ1v) is 5.55. The summed E-state index contributed by atoms with van der Waals surface area (Å²) in [5.41, 5.74) is 0.849. The fraction of sp³-hybridized carbons (Fsp3) is 0.636. The Bertz CT molecular complexity index is 332. The minimum absolute atomic E-state index is 0. The third-order valence-corrected chi connectivity index (χ3v) is 2.56. The van der Waals surface area contributed by atoms with E-state index >= 15 is 0 Å². The van der Waals surface area contributed by atoms with Gasteiger partial charge < -0.3 is 14.8 Å². The van der Waals surface area contributed by atoms with Crippen LogP contribution < -0.4 is 10.1 Å². The summed E-state index contributed by atoms with van der Waals surface area (Å²) in [6.45, 7) is 2.52. The molecular weight excluding hydrogens is 242 g/mol. The van der Waals surface area contributed by atoms with Crippen molar-refractivity contribution < 1.29 is 9.47 Å². The molecular formula is C11H18ClN3O2. The number of nitrogens with zero attached hydrogens (tertiary/aromatic N) is 2. The summed E-state index contributed by atoms with van der Waals surface area (Å²) in [6, 6.07) is 1.84. The van der Waals surface area contributed by atoms with E-state index in [0.717, 1.165) is 31.6 Å². The molecule has 0 saturated carbocycles. The lowest BCUT2D eigenvalue weighted by atomic mass is 10.1. The zero-order chi connectivity index (χ0) is 11.2. The smallest absolute Gasteiger partial charge is 0.216 e. The average Bonchev–Trinajstić information content (AvgIpc) is 2.31. The van der Waals surface area contributed by atoms with Crippen molar-refractivity contribution in [1.82, 2.24) is 15.3 Å². The van der Waals surface area contributed by atoms with Crippen molar-refractivity contribution in [2.75, 3.05) is 20.2 Å². The average molecular weight is 260 g/mol. The van der Waals surface area contributed by atoms with E-state index in [1.54, 1.807) is 7.11 Å². The normalized spacial score (nSPS) is 16.3. The summed E-state index contributed by atoms with van der Waals surface area (Å²) in [6.07, 6.45) is 3.85. The van der Waals surface area contributed by atoms with Crippen LogP contribution in [-0.2, 0) is 11.3 Å². The van der Waals surface area contributed by atoms with Gasteiger partial charge in [-0.05, 0) is 25.9 Å². The number of methoxy groups -OCH3 is 1. The van der Waals surface area contributed by atoms with Crippen molar-refractivity contribution in [3.8, 4) is 5.88 Å². The van der Waals surface area contributed by atoms with Crippen molar-refractivity contribution in [3.63, 3.8) is 0 Å². The maximum atomic E-state index is 5.80. The predicted molar refractivity (Wildman–Crippen MR) is 66.5 cm³/mol. The Kier molecular flexibility index (Phi) is 6.18. The molecule has 0 atom stereocenters. The molecule has 1 N–H and O–H groups in total. The van der Waals surface area contributed by atoms with E-state index in [2.05, 4.69) is 15.3 Å². The van der Waals surface area contributed by atoms with Crippen LogP contribution >= 0.6 is 12.4 Å². The molecule has 0 radical (unpaired) electrons. The van der Waals surface area contributed by atoms with Gasteiger partial charge in [0.15, 0.2) is 0 Å². The van der Waals surface area contributed by atoms with Gasteiger partial charge in [-0.3, -0.25) is 0 Å². The molecule has 96 valence electrons. The molecule has 0 spiro atoms. The van der Waals surface area contributed by atoms with Crippen LogP contribution in [0.5, 0.6) is 5.88 Å². The van der Waals surface area contributed by atoms with Crippen molar-refractivity contribution in [1.29, 1.82) is 0 Å². The minimum atomic E-state index is 0. The van der Waals surface area contributed by atoms with E-state index in [4.69, 9.17) is 9.47 Å².